The fourth-order valence-corrected chi connectivity index (χ4v) is 3.90. The average Bonchev–Trinajstić information content (AvgIpc) is 2.82. The lowest BCUT2D eigenvalue weighted by Crippen LogP contribution is -2.49. The molecular formula is C13H21N5. The first-order valence-corrected chi connectivity index (χ1v) is 7.23. The van der Waals surface area contributed by atoms with Crippen molar-refractivity contribution in [1.29, 1.82) is 0 Å². The van der Waals surface area contributed by atoms with E-state index in [9.17, 15) is 0 Å². The van der Waals surface area contributed by atoms with Crippen LogP contribution in [0.4, 0.5) is 5.95 Å². The summed E-state index contributed by atoms with van der Waals surface area (Å²) in [4.78, 5) is 7.04. The van der Waals surface area contributed by atoms with Gasteiger partial charge in [0, 0.05) is 31.6 Å². The number of anilines is 1. The topological polar surface area (TPSA) is 56.8 Å². The van der Waals surface area contributed by atoms with Gasteiger partial charge in [-0.05, 0) is 31.6 Å². The molecule has 0 aromatic carbocycles. The van der Waals surface area contributed by atoms with Crippen LogP contribution in [-0.2, 0) is 0 Å². The molecule has 3 atom stereocenters. The van der Waals surface area contributed by atoms with E-state index < -0.39 is 0 Å². The highest BCUT2D eigenvalue weighted by Crippen LogP contribution is 2.62. The van der Waals surface area contributed by atoms with Gasteiger partial charge in [0.25, 0.3) is 0 Å². The van der Waals surface area contributed by atoms with Crippen molar-refractivity contribution in [2.24, 2.45) is 11.8 Å². The zero-order valence-corrected chi connectivity index (χ0v) is 10.9. The molecule has 0 amide bonds. The lowest BCUT2D eigenvalue weighted by Gasteiger charge is -2.30. The number of piperazine rings is 1. The van der Waals surface area contributed by atoms with Crippen LogP contribution in [0.1, 0.15) is 37.9 Å². The molecule has 2 N–H and O–H groups in total. The zero-order valence-electron chi connectivity index (χ0n) is 10.9. The number of hydrogen-bond acceptors (Lipinski definition) is 4. The number of aromatic nitrogens is 3. The number of rotatable bonds is 2. The van der Waals surface area contributed by atoms with E-state index in [1.165, 1.54) is 19.3 Å². The second-order valence-corrected chi connectivity index (χ2v) is 6.11. The van der Waals surface area contributed by atoms with Gasteiger partial charge in [0.15, 0.2) is 0 Å². The Hall–Kier alpha value is -1.10. The fraction of sp³-hybridized carbons (Fsp3) is 0.846. The molecule has 2 saturated carbocycles. The molecule has 18 heavy (non-hydrogen) atoms. The lowest BCUT2D eigenvalue weighted by molar-refractivity contribution is 0.479. The molecule has 1 aromatic heterocycles. The molecule has 0 bridgehead atoms. The van der Waals surface area contributed by atoms with Gasteiger partial charge >= 0.3 is 0 Å². The molecule has 3 fully saturated rings. The Morgan fingerprint density at radius 1 is 1.28 bits per heavy atom. The molecule has 2 unspecified atom stereocenters. The van der Waals surface area contributed by atoms with E-state index in [2.05, 4.69) is 27.3 Å². The fourth-order valence-electron chi connectivity index (χ4n) is 3.90. The molecule has 5 nitrogen and oxygen atoms in total. The van der Waals surface area contributed by atoms with Crippen molar-refractivity contribution in [2.45, 2.75) is 38.1 Å². The summed E-state index contributed by atoms with van der Waals surface area (Å²) in [6.07, 6.45) is 4.22. The standard InChI is InChI=1S/C13H21N5/c1-8-7-18(6-5-14-8)13-15-12(16-17-13)11-9-3-2-4-10(9)11/h8-11,14H,2-7H2,1H3,(H,15,16,17)/t8-,9?,10?,11?/m0/s1. The minimum atomic E-state index is 0.529. The number of hydrogen-bond donors (Lipinski definition) is 2. The van der Waals surface area contributed by atoms with Crippen LogP contribution in [0.15, 0.2) is 0 Å². The number of aromatic amines is 1. The van der Waals surface area contributed by atoms with Crippen molar-refractivity contribution in [1.82, 2.24) is 20.5 Å². The number of H-pyrrole nitrogens is 1. The van der Waals surface area contributed by atoms with Crippen LogP contribution < -0.4 is 10.2 Å². The Balaban J connectivity index is 1.48. The maximum Gasteiger partial charge on any atom is 0.244 e. The van der Waals surface area contributed by atoms with E-state index in [-0.39, 0.29) is 0 Å². The maximum atomic E-state index is 4.74. The maximum absolute atomic E-state index is 4.74. The van der Waals surface area contributed by atoms with Gasteiger partial charge in [-0.2, -0.15) is 4.98 Å². The largest absolute Gasteiger partial charge is 0.337 e. The normalized spacial score (nSPS) is 38.8. The Morgan fingerprint density at radius 2 is 2.11 bits per heavy atom. The minimum Gasteiger partial charge on any atom is -0.337 e. The minimum absolute atomic E-state index is 0.529. The van der Waals surface area contributed by atoms with Crippen LogP contribution in [0.5, 0.6) is 0 Å². The smallest absolute Gasteiger partial charge is 0.244 e. The Kier molecular flexibility index (Phi) is 2.37. The number of nitrogens with one attached hydrogen (secondary N) is 2. The predicted molar refractivity (Wildman–Crippen MR) is 69.6 cm³/mol. The number of fused-ring (bicyclic) bond motifs is 1. The highest BCUT2D eigenvalue weighted by Gasteiger charge is 2.54. The van der Waals surface area contributed by atoms with Gasteiger partial charge in [-0.25, -0.2) is 0 Å². The summed E-state index contributed by atoms with van der Waals surface area (Å²) >= 11 is 0. The van der Waals surface area contributed by atoms with E-state index in [1.807, 2.05) is 0 Å². The van der Waals surface area contributed by atoms with Crippen LogP contribution in [0, 0.1) is 11.8 Å². The van der Waals surface area contributed by atoms with E-state index in [4.69, 9.17) is 4.98 Å². The summed E-state index contributed by atoms with van der Waals surface area (Å²) in [6.45, 7) is 5.26. The van der Waals surface area contributed by atoms with Crippen molar-refractivity contribution in [3.8, 4) is 0 Å². The number of nitrogens with zero attached hydrogens (tertiary/aromatic N) is 3. The van der Waals surface area contributed by atoms with Crippen molar-refractivity contribution in [3.63, 3.8) is 0 Å². The molecule has 2 heterocycles. The summed E-state index contributed by atoms with van der Waals surface area (Å²) in [5, 5.41) is 11.1. The van der Waals surface area contributed by atoms with Crippen LogP contribution in [-0.4, -0.2) is 40.9 Å². The second kappa shape index (κ2) is 3.95. The van der Waals surface area contributed by atoms with Gasteiger partial charge in [0.1, 0.15) is 5.82 Å². The highest BCUT2D eigenvalue weighted by atomic mass is 15.4. The third-order valence-corrected chi connectivity index (χ3v) is 4.86. The Bertz CT molecular complexity index is 432. The van der Waals surface area contributed by atoms with Gasteiger partial charge in [-0.15, -0.1) is 5.10 Å². The van der Waals surface area contributed by atoms with Gasteiger partial charge < -0.3 is 10.2 Å². The van der Waals surface area contributed by atoms with Gasteiger partial charge in [0.05, 0.1) is 0 Å². The summed E-state index contributed by atoms with van der Waals surface area (Å²) in [6, 6.07) is 0.529. The first-order chi connectivity index (χ1) is 8.83. The Labute approximate surface area is 107 Å². The van der Waals surface area contributed by atoms with E-state index >= 15 is 0 Å². The molecule has 0 spiro atoms. The van der Waals surface area contributed by atoms with Crippen LogP contribution in [0.25, 0.3) is 0 Å². The highest BCUT2D eigenvalue weighted by molar-refractivity contribution is 5.32. The van der Waals surface area contributed by atoms with Crippen LogP contribution in [0.3, 0.4) is 0 Å². The third kappa shape index (κ3) is 1.64. The molecule has 1 aliphatic heterocycles. The molecule has 1 saturated heterocycles. The summed E-state index contributed by atoms with van der Waals surface area (Å²) < 4.78 is 0. The predicted octanol–water partition coefficient (Wildman–Crippen LogP) is 1.12. The van der Waals surface area contributed by atoms with Crippen LogP contribution in [0.2, 0.25) is 0 Å². The molecule has 5 heteroatoms. The quantitative estimate of drug-likeness (QED) is 0.822. The average molecular weight is 247 g/mol. The molecule has 2 aliphatic carbocycles. The van der Waals surface area contributed by atoms with Gasteiger partial charge in [-0.3, -0.25) is 5.10 Å². The van der Waals surface area contributed by atoms with E-state index in [1.54, 1.807) is 0 Å². The van der Waals surface area contributed by atoms with E-state index in [0.717, 1.165) is 43.2 Å². The zero-order chi connectivity index (χ0) is 12.1. The van der Waals surface area contributed by atoms with E-state index in [0.29, 0.717) is 12.0 Å². The molecule has 3 aliphatic rings. The first-order valence-electron chi connectivity index (χ1n) is 7.23. The molecular weight excluding hydrogens is 226 g/mol. The second-order valence-electron chi connectivity index (χ2n) is 6.11. The van der Waals surface area contributed by atoms with Crippen molar-refractivity contribution in [2.75, 3.05) is 24.5 Å². The molecule has 1 aromatic rings. The third-order valence-electron chi connectivity index (χ3n) is 4.86. The first kappa shape index (κ1) is 10.8. The Morgan fingerprint density at radius 3 is 2.89 bits per heavy atom. The van der Waals surface area contributed by atoms with Crippen LogP contribution >= 0.6 is 0 Å². The summed E-state index contributed by atoms with van der Waals surface area (Å²) in [5.74, 6) is 4.56. The summed E-state index contributed by atoms with van der Waals surface area (Å²) in [5.41, 5.74) is 0. The van der Waals surface area contributed by atoms with Gasteiger partial charge in [0.2, 0.25) is 5.95 Å². The van der Waals surface area contributed by atoms with Gasteiger partial charge in [-0.1, -0.05) is 6.42 Å². The van der Waals surface area contributed by atoms with Crippen molar-refractivity contribution >= 4 is 5.95 Å². The lowest BCUT2D eigenvalue weighted by atomic mass is 10.1. The van der Waals surface area contributed by atoms with Crippen molar-refractivity contribution in [3.05, 3.63) is 5.82 Å². The molecule has 98 valence electrons. The van der Waals surface area contributed by atoms with Crippen molar-refractivity contribution < 1.29 is 0 Å². The molecule has 4 rings (SSSR count). The summed E-state index contributed by atoms with van der Waals surface area (Å²) in [7, 11) is 0. The monoisotopic (exact) mass is 247 g/mol. The SMILES string of the molecule is C[C@H]1CN(c2n[nH]c(C3C4CCCC43)n2)CCN1. The molecule has 0 radical (unpaired) electrons.